The molecule has 0 aromatic carbocycles. The predicted molar refractivity (Wildman–Crippen MR) is 212 cm³/mol. The van der Waals surface area contributed by atoms with Gasteiger partial charge in [0, 0.05) is 19.3 Å². The molecule has 0 amide bonds. The standard InChI is InChI=1S/C44H67NO7/c1-6-8-10-12-14-16-17-18-19-20-21-22-23-24-25-27-29-31-33-35-43(47)52-40(38-50-37-36-41(44(48)49)45(3,4)5)39-51-42(46)34-32-30-28-26-15-13-11-9-7-2/h8-12,14-26,40-41H,6-7,13,27-39H2,1-5H3/b10-8+,11-9+,14-12+,17-16+,19-18+,21-20+,23-22+,25-24+,26-15+. The molecule has 0 heterocycles. The van der Waals surface area contributed by atoms with E-state index in [1.807, 2.05) is 72.9 Å². The number of quaternary nitrogens is 1. The average molecular weight is 722 g/mol. The van der Waals surface area contributed by atoms with Gasteiger partial charge >= 0.3 is 11.9 Å². The Labute approximate surface area is 315 Å². The van der Waals surface area contributed by atoms with E-state index >= 15 is 0 Å². The van der Waals surface area contributed by atoms with Crippen molar-refractivity contribution in [3.05, 3.63) is 109 Å². The van der Waals surface area contributed by atoms with Crippen LogP contribution < -0.4 is 5.11 Å². The molecule has 0 aliphatic heterocycles. The molecule has 8 heteroatoms. The molecular formula is C44H67NO7. The van der Waals surface area contributed by atoms with E-state index in [9.17, 15) is 19.5 Å². The van der Waals surface area contributed by atoms with E-state index < -0.39 is 18.1 Å². The van der Waals surface area contributed by atoms with E-state index in [2.05, 4.69) is 50.3 Å². The molecule has 52 heavy (non-hydrogen) atoms. The number of rotatable bonds is 31. The predicted octanol–water partition coefficient (Wildman–Crippen LogP) is 8.40. The Balaban J connectivity index is 4.58. The fraction of sp³-hybridized carbons (Fsp3) is 0.523. The molecule has 0 N–H and O–H groups in total. The number of allylic oxidation sites excluding steroid dienone is 18. The Bertz CT molecular complexity index is 1210. The molecule has 0 aliphatic carbocycles. The van der Waals surface area contributed by atoms with Crippen LogP contribution >= 0.6 is 0 Å². The van der Waals surface area contributed by atoms with Gasteiger partial charge in [0.2, 0.25) is 0 Å². The van der Waals surface area contributed by atoms with E-state index in [1.54, 1.807) is 21.1 Å². The highest BCUT2D eigenvalue weighted by molar-refractivity contribution is 5.70. The molecule has 0 rings (SSSR count). The summed E-state index contributed by atoms with van der Waals surface area (Å²) in [6, 6.07) is -0.745. The summed E-state index contributed by atoms with van der Waals surface area (Å²) in [5.74, 6) is -1.87. The highest BCUT2D eigenvalue weighted by Gasteiger charge is 2.25. The number of nitrogens with zero attached hydrogens (tertiary/aromatic N) is 1. The first-order valence-electron chi connectivity index (χ1n) is 19.0. The Morgan fingerprint density at radius 3 is 1.71 bits per heavy atom. The number of carbonyl (C=O) groups is 3. The summed E-state index contributed by atoms with van der Waals surface area (Å²) in [6.45, 7) is 4.25. The van der Waals surface area contributed by atoms with Crippen molar-refractivity contribution in [3.8, 4) is 0 Å². The zero-order valence-electron chi connectivity index (χ0n) is 32.7. The molecule has 0 aromatic rings. The van der Waals surface area contributed by atoms with Gasteiger partial charge in [0.25, 0.3) is 0 Å². The zero-order chi connectivity index (χ0) is 38.5. The Hall–Kier alpha value is -4.01. The number of likely N-dealkylation sites (N-methyl/N-ethyl adjacent to an activating group) is 1. The summed E-state index contributed by atoms with van der Waals surface area (Å²) in [6.07, 6.45) is 45.6. The minimum atomic E-state index is -1.15. The molecule has 0 saturated heterocycles. The molecule has 2 unspecified atom stereocenters. The molecule has 0 aromatic heterocycles. The Morgan fingerprint density at radius 2 is 1.12 bits per heavy atom. The number of carboxylic acid groups (broad SMARTS) is 1. The highest BCUT2D eigenvalue weighted by Crippen LogP contribution is 2.10. The van der Waals surface area contributed by atoms with Gasteiger partial charge in [0.1, 0.15) is 12.6 Å². The van der Waals surface area contributed by atoms with Crippen LogP contribution in [0.4, 0.5) is 0 Å². The van der Waals surface area contributed by atoms with Crippen molar-refractivity contribution in [3.63, 3.8) is 0 Å². The largest absolute Gasteiger partial charge is 0.544 e. The minimum absolute atomic E-state index is 0.00281. The number of carbonyl (C=O) groups excluding carboxylic acids is 3. The fourth-order valence-electron chi connectivity index (χ4n) is 4.68. The van der Waals surface area contributed by atoms with Crippen LogP contribution in [-0.4, -0.2) is 75.5 Å². The van der Waals surface area contributed by atoms with E-state index in [0.29, 0.717) is 12.8 Å². The van der Waals surface area contributed by atoms with Crippen molar-refractivity contribution < 1.29 is 38.2 Å². The van der Waals surface area contributed by atoms with Gasteiger partial charge in [0.05, 0.1) is 40.3 Å². The van der Waals surface area contributed by atoms with Gasteiger partial charge in [-0.1, -0.05) is 130 Å². The molecule has 0 spiro atoms. The first-order chi connectivity index (χ1) is 25.1. The van der Waals surface area contributed by atoms with Crippen LogP contribution in [0.3, 0.4) is 0 Å². The molecule has 0 fully saturated rings. The zero-order valence-corrected chi connectivity index (χ0v) is 32.7. The SMILES string of the molecule is CC/C=C/C=C/C=C/C=C/C=C/C=C/C=C/CCCCCC(=O)OC(COCCC(C(=O)[O-])[N+](C)(C)C)COC(=O)CCCC/C=C/C/C=C/CC. The van der Waals surface area contributed by atoms with Gasteiger partial charge < -0.3 is 28.6 Å². The average Bonchev–Trinajstić information content (AvgIpc) is 3.09. The van der Waals surface area contributed by atoms with E-state index in [1.165, 1.54) is 0 Å². The summed E-state index contributed by atoms with van der Waals surface area (Å²) >= 11 is 0. The van der Waals surface area contributed by atoms with E-state index in [4.69, 9.17) is 14.2 Å². The topological polar surface area (TPSA) is 102 Å². The van der Waals surface area contributed by atoms with Crippen molar-refractivity contribution in [2.75, 3.05) is 41.0 Å². The summed E-state index contributed by atoms with van der Waals surface area (Å²) < 4.78 is 17.0. The first-order valence-corrected chi connectivity index (χ1v) is 19.0. The summed E-state index contributed by atoms with van der Waals surface area (Å²) in [4.78, 5) is 36.6. The first kappa shape index (κ1) is 48.0. The van der Waals surface area contributed by atoms with Crippen LogP contribution in [0.15, 0.2) is 109 Å². The molecule has 0 radical (unpaired) electrons. The lowest BCUT2D eigenvalue weighted by Crippen LogP contribution is -2.55. The number of esters is 2. The third-order valence-electron chi connectivity index (χ3n) is 7.60. The van der Waals surface area contributed by atoms with E-state index in [0.717, 1.165) is 51.4 Å². The summed E-state index contributed by atoms with van der Waals surface area (Å²) in [5, 5.41) is 11.6. The van der Waals surface area contributed by atoms with Gasteiger partial charge in [-0.25, -0.2) is 0 Å². The lowest BCUT2D eigenvalue weighted by molar-refractivity contribution is -0.889. The number of hydrogen-bond donors (Lipinski definition) is 0. The lowest BCUT2D eigenvalue weighted by atomic mass is 10.1. The molecule has 290 valence electrons. The van der Waals surface area contributed by atoms with Crippen molar-refractivity contribution in [1.29, 1.82) is 0 Å². The second kappa shape index (κ2) is 34.1. The van der Waals surface area contributed by atoms with Gasteiger partial charge in [-0.15, -0.1) is 0 Å². The maximum Gasteiger partial charge on any atom is 0.306 e. The van der Waals surface area contributed by atoms with Gasteiger partial charge in [-0.05, 0) is 57.8 Å². The molecule has 0 saturated carbocycles. The van der Waals surface area contributed by atoms with Gasteiger partial charge in [0.15, 0.2) is 6.10 Å². The number of carboxylic acids is 1. The highest BCUT2D eigenvalue weighted by atomic mass is 16.6. The van der Waals surface area contributed by atoms with Crippen LogP contribution in [-0.2, 0) is 28.6 Å². The number of hydrogen-bond acceptors (Lipinski definition) is 7. The van der Waals surface area contributed by atoms with E-state index in [-0.39, 0.29) is 55.5 Å². The molecule has 8 nitrogen and oxygen atoms in total. The van der Waals surface area contributed by atoms with Crippen LogP contribution in [0.5, 0.6) is 0 Å². The molecule has 0 aliphatic rings. The quantitative estimate of drug-likeness (QED) is 0.0233. The van der Waals surface area contributed by atoms with Crippen LogP contribution in [0.1, 0.15) is 97.3 Å². The third-order valence-corrected chi connectivity index (χ3v) is 7.60. The van der Waals surface area contributed by atoms with Crippen molar-refractivity contribution in [2.45, 2.75) is 109 Å². The summed E-state index contributed by atoms with van der Waals surface area (Å²) in [5.41, 5.74) is 0. The van der Waals surface area contributed by atoms with Crippen LogP contribution in [0, 0.1) is 0 Å². The monoisotopic (exact) mass is 721 g/mol. The maximum absolute atomic E-state index is 12.6. The normalized spacial score (nSPS) is 14.2. The second-order valence-electron chi connectivity index (χ2n) is 13.2. The Kier molecular flexibility index (Phi) is 31.5. The fourth-order valence-corrected chi connectivity index (χ4v) is 4.68. The number of ether oxygens (including phenoxy) is 3. The van der Waals surface area contributed by atoms with Crippen LogP contribution in [0.25, 0.3) is 0 Å². The number of aliphatic carboxylic acids is 1. The molecular weight excluding hydrogens is 654 g/mol. The van der Waals surface area contributed by atoms with Crippen LogP contribution in [0.2, 0.25) is 0 Å². The van der Waals surface area contributed by atoms with Gasteiger partial charge in [-0.2, -0.15) is 0 Å². The molecule has 2 atom stereocenters. The lowest BCUT2D eigenvalue weighted by Gasteiger charge is -2.34. The third kappa shape index (κ3) is 31.9. The minimum Gasteiger partial charge on any atom is -0.544 e. The maximum atomic E-state index is 12.6. The smallest absolute Gasteiger partial charge is 0.306 e. The van der Waals surface area contributed by atoms with Crippen molar-refractivity contribution in [1.82, 2.24) is 0 Å². The van der Waals surface area contributed by atoms with Crippen molar-refractivity contribution in [2.24, 2.45) is 0 Å². The second-order valence-corrected chi connectivity index (χ2v) is 13.2. The number of unbranched alkanes of at least 4 members (excludes halogenated alkanes) is 5. The van der Waals surface area contributed by atoms with Gasteiger partial charge in [-0.3, -0.25) is 9.59 Å². The van der Waals surface area contributed by atoms with Crippen molar-refractivity contribution >= 4 is 17.9 Å². The summed E-state index contributed by atoms with van der Waals surface area (Å²) in [7, 11) is 5.35. The Morgan fingerprint density at radius 1 is 0.596 bits per heavy atom. The molecule has 0 bridgehead atoms.